The van der Waals surface area contributed by atoms with E-state index in [0.717, 1.165) is 12.0 Å². The van der Waals surface area contributed by atoms with Crippen molar-refractivity contribution < 1.29 is 8.42 Å². The number of rotatable bonds is 4. The Morgan fingerprint density at radius 1 is 1.08 bits per heavy atom. The molecule has 0 spiro atoms. The van der Waals surface area contributed by atoms with Gasteiger partial charge in [0.2, 0.25) is 10.0 Å². The molecule has 1 aliphatic heterocycles. The fourth-order valence-corrected chi connectivity index (χ4v) is 5.01. The fourth-order valence-electron chi connectivity index (χ4n) is 3.96. The quantitative estimate of drug-likeness (QED) is 0.885. The van der Waals surface area contributed by atoms with E-state index in [1.54, 1.807) is 12.1 Å². The van der Waals surface area contributed by atoms with Crippen LogP contribution in [-0.4, -0.2) is 28.1 Å². The van der Waals surface area contributed by atoms with Crippen LogP contribution in [0, 0.1) is 12.8 Å². The molecule has 0 amide bonds. The summed E-state index contributed by atoms with van der Waals surface area (Å²) in [5.74, 6) is 0.838. The molecule has 0 fully saturated rings. The van der Waals surface area contributed by atoms with Gasteiger partial charge in [0, 0.05) is 25.3 Å². The van der Waals surface area contributed by atoms with Crippen molar-refractivity contribution in [3.8, 4) is 0 Å². The molecule has 1 N–H and O–H groups in total. The lowest BCUT2D eigenvalue weighted by Crippen LogP contribution is -2.45. The molecule has 2 aromatic rings. The highest BCUT2D eigenvalue weighted by atomic mass is 32.2. The normalized spacial score (nSPS) is 23.4. The Hall–Kier alpha value is -1.85. The minimum absolute atomic E-state index is 0.112. The highest BCUT2D eigenvalue weighted by Gasteiger charge is 2.31. The number of likely N-dealkylation sites (N-methyl/N-ethyl adjacent to an activating group) is 1. The second-order valence-corrected chi connectivity index (χ2v) is 9.28. The molecular weight excluding hydrogens is 344 g/mol. The molecule has 140 valence electrons. The second kappa shape index (κ2) is 7.41. The number of para-hydroxylation sites is 1. The number of hydrogen-bond donors (Lipinski definition) is 1. The third-order valence-corrected chi connectivity index (χ3v) is 6.98. The van der Waals surface area contributed by atoms with Gasteiger partial charge in [-0.1, -0.05) is 49.7 Å². The summed E-state index contributed by atoms with van der Waals surface area (Å²) in [7, 11) is -1.44. The first-order valence-corrected chi connectivity index (χ1v) is 10.7. The van der Waals surface area contributed by atoms with E-state index < -0.39 is 10.0 Å². The molecule has 3 unspecified atom stereocenters. The van der Waals surface area contributed by atoms with Gasteiger partial charge in [-0.3, -0.25) is 0 Å². The topological polar surface area (TPSA) is 49.4 Å². The van der Waals surface area contributed by atoms with Crippen LogP contribution in [0.25, 0.3) is 0 Å². The van der Waals surface area contributed by atoms with Gasteiger partial charge in [0.25, 0.3) is 0 Å². The van der Waals surface area contributed by atoms with Crippen LogP contribution >= 0.6 is 0 Å². The zero-order chi connectivity index (χ0) is 18.9. The molecule has 0 aromatic heterocycles. The largest absolute Gasteiger partial charge is 0.370 e. The van der Waals surface area contributed by atoms with Gasteiger partial charge >= 0.3 is 0 Å². The average molecular weight is 373 g/mol. The van der Waals surface area contributed by atoms with Crippen molar-refractivity contribution in [1.29, 1.82) is 0 Å². The van der Waals surface area contributed by atoms with E-state index in [-0.39, 0.29) is 6.04 Å². The molecule has 0 aliphatic carbocycles. The van der Waals surface area contributed by atoms with Crippen molar-refractivity contribution in [2.45, 2.75) is 44.0 Å². The smallest absolute Gasteiger partial charge is 0.240 e. The van der Waals surface area contributed by atoms with Gasteiger partial charge in [-0.25, -0.2) is 13.1 Å². The predicted octanol–water partition coefficient (Wildman–Crippen LogP) is 3.92. The van der Waals surface area contributed by atoms with Gasteiger partial charge in [-0.2, -0.15) is 0 Å². The number of hydrogen-bond acceptors (Lipinski definition) is 3. The summed E-state index contributed by atoms with van der Waals surface area (Å²) in [4.78, 5) is 2.56. The van der Waals surface area contributed by atoms with E-state index in [4.69, 9.17) is 0 Å². The van der Waals surface area contributed by atoms with Gasteiger partial charge in [-0.05, 0) is 48.9 Å². The van der Waals surface area contributed by atoms with Gasteiger partial charge in [0.05, 0.1) is 4.90 Å². The minimum atomic E-state index is -3.50. The van der Waals surface area contributed by atoms with E-state index in [1.807, 2.05) is 25.1 Å². The van der Waals surface area contributed by atoms with E-state index in [1.165, 1.54) is 11.3 Å². The maximum Gasteiger partial charge on any atom is 0.240 e. The Balaban J connectivity index is 1.81. The molecule has 3 atom stereocenters. The molecule has 3 rings (SSSR count). The first-order chi connectivity index (χ1) is 12.3. The highest BCUT2D eigenvalue weighted by Crippen LogP contribution is 2.38. The highest BCUT2D eigenvalue weighted by molar-refractivity contribution is 7.89. The summed E-state index contributed by atoms with van der Waals surface area (Å²) in [6, 6.07) is 15.5. The fraction of sp³-hybridized carbons (Fsp3) is 0.429. The molecule has 1 heterocycles. The lowest BCUT2D eigenvalue weighted by molar-refractivity contribution is 0.399. The Morgan fingerprint density at radius 3 is 2.42 bits per heavy atom. The van der Waals surface area contributed by atoms with Gasteiger partial charge in [0.1, 0.15) is 0 Å². The van der Waals surface area contributed by atoms with Crippen molar-refractivity contribution in [2.24, 2.45) is 5.92 Å². The summed E-state index contributed by atoms with van der Waals surface area (Å²) in [5.41, 5.74) is 3.58. The van der Waals surface area contributed by atoms with Crippen molar-refractivity contribution in [2.75, 3.05) is 18.5 Å². The Labute approximate surface area is 157 Å². The Morgan fingerprint density at radius 2 is 1.73 bits per heavy atom. The van der Waals surface area contributed by atoms with Gasteiger partial charge in [-0.15, -0.1) is 0 Å². The first kappa shape index (κ1) is 18.9. The molecule has 0 radical (unpaired) electrons. The number of anilines is 1. The third kappa shape index (κ3) is 3.79. The number of aryl methyl sites for hydroxylation is 1. The van der Waals surface area contributed by atoms with Crippen LogP contribution in [0.15, 0.2) is 53.4 Å². The number of nitrogens with one attached hydrogen (secondary N) is 1. The molecule has 0 bridgehead atoms. The Bertz CT molecular complexity index is 862. The van der Waals surface area contributed by atoms with Crippen molar-refractivity contribution in [3.63, 3.8) is 0 Å². The van der Waals surface area contributed by atoms with Crippen molar-refractivity contribution >= 4 is 15.7 Å². The molecular formula is C21H28N2O2S. The van der Waals surface area contributed by atoms with Gasteiger partial charge in [0.15, 0.2) is 0 Å². The standard InChI is InChI=1S/C21H28N2O2S/c1-15-9-11-18(12-10-15)26(24,25)22-14-21-17(3)13-16(2)19-7-5-6-8-20(19)23(21)4/h5-12,16-17,21-22H,13-14H2,1-4H3. The lowest BCUT2D eigenvalue weighted by Gasteiger charge is -2.33. The maximum atomic E-state index is 12.7. The van der Waals surface area contributed by atoms with Crippen LogP contribution in [0.4, 0.5) is 5.69 Å². The maximum absolute atomic E-state index is 12.7. The predicted molar refractivity (Wildman–Crippen MR) is 107 cm³/mol. The van der Waals surface area contributed by atoms with Crippen LogP contribution in [-0.2, 0) is 10.0 Å². The molecule has 4 nitrogen and oxygen atoms in total. The van der Waals surface area contributed by atoms with E-state index in [0.29, 0.717) is 23.3 Å². The molecule has 26 heavy (non-hydrogen) atoms. The average Bonchev–Trinajstić information content (AvgIpc) is 2.69. The summed E-state index contributed by atoms with van der Waals surface area (Å²) < 4.78 is 28.2. The summed E-state index contributed by atoms with van der Waals surface area (Å²) in [6.45, 7) is 6.81. The summed E-state index contributed by atoms with van der Waals surface area (Å²) in [6.07, 6.45) is 1.04. The molecule has 5 heteroatoms. The zero-order valence-corrected chi connectivity index (χ0v) is 16.8. The lowest BCUT2D eigenvalue weighted by atomic mass is 9.89. The van der Waals surface area contributed by atoms with Crippen LogP contribution < -0.4 is 9.62 Å². The van der Waals surface area contributed by atoms with E-state index in [2.05, 4.69) is 48.7 Å². The molecule has 0 saturated carbocycles. The van der Waals surface area contributed by atoms with Crippen LogP contribution in [0.3, 0.4) is 0 Å². The number of nitrogens with zero attached hydrogens (tertiary/aromatic N) is 1. The van der Waals surface area contributed by atoms with Crippen molar-refractivity contribution in [1.82, 2.24) is 4.72 Å². The van der Waals surface area contributed by atoms with Crippen molar-refractivity contribution in [3.05, 3.63) is 59.7 Å². The van der Waals surface area contributed by atoms with Crippen LogP contribution in [0.2, 0.25) is 0 Å². The second-order valence-electron chi connectivity index (χ2n) is 7.52. The molecule has 2 aromatic carbocycles. The van der Waals surface area contributed by atoms with Crippen LogP contribution in [0.1, 0.15) is 37.3 Å². The first-order valence-electron chi connectivity index (χ1n) is 9.17. The zero-order valence-electron chi connectivity index (χ0n) is 15.9. The number of sulfonamides is 1. The van der Waals surface area contributed by atoms with E-state index in [9.17, 15) is 8.42 Å². The molecule has 1 aliphatic rings. The SMILES string of the molecule is Cc1ccc(S(=O)(=O)NCC2C(C)CC(C)c3ccccc3N2C)cc1. The van der Waals surface area contributed by atoms with E-state index >= 15 is 0 Å². The minimum Gasteiger partial charge on any atom is -0.370 e. The summed E-state index contributed by atoms with van der Waals surface area (Å²) >= 11 is 0. The van der Waals surface area contributed by atoms with Crippen LogP contribution in [0.5, 0.6) is 0 Å². The van der Waals surface area contributed by atoms with Gasteiger partial charge < -0.3 is 4.90 Å². The number of benzene rings is 2. The monoisotopic (exact) mass is 372 g/mol. The molecule has 0 saturated heterocycles. The summed E-state index contributed by atoms with van der Waals surface area (Å²) in [5, 5.41) is 0. The Kier molecular flexibility index (Phi) is 5.39. The third-order valence-electron chi connectivity index (χ3n) is 5.54. The number of fused-ring (bicyclic) bond motifs is 1.